The smallest absolute Gasteiger partial charge is 0.308 e. The summed E-state index contributed by atoms with van der Waals surface area (Å²) in [7, 11) is 0. The minimum Gasteiger partial charge on any atom is -0.434 e. The Morgan fingerprint density at radius 2 is 1.81 bits per heavy atom. The van der Waals surface area contributed by atoms with Crippen molar-refractivity contribution in [3.05, 3.63) is 60.8 Å². The number of hydrogen-bond donors (Lipinski definition) is 0. The zero-order valence-corrected chi connectivity index (χ0v) is 11.4. The molecule has 0 bridgehead atoms. The standard InChI is InChI=1S/C17H13NO3/c1-12(19)20-15-10-9-13-6-2-3-7-14(13)17(15)21-16-8-4-5-11-18-16/h2-11H,1H3. The van der Waals surface area contributed by atoms with Gasteiger partial charge in [0.2, 0.25) is 5.88 Å². The molecule has 0 aliphatic rings. The summed E-state index contributed by atoms with van der Waals surface area (Å²) >= 11 is 0. The van der Waals surface area contributed by atoms with E-state index in [-0.39, 0.29) is 0 Å². The van der Waals surface area contributed by atoms with Gasteiger partial charge < -0.3 is 9.47 Å². The van der Waals surface area contributed by atoms with E-state index in [0.29, 0.717) is 17.4 Å². The molecule has 0 N–H and O–H groups in total. The van der Waals surface area contributed by atoms with E-state index >= 15 is 0 Å². The van der Waals surface area contributed by atoms with Gasteiger partial charge in [-0.3, -0.25) is 4.79 Å². The highest BCUT2D eigenvalue weighted by molar-refractivity contribution is 5.91. The van der Waals surface area contributed by atoms with Crippen molar-refractivity contribution in [3.63, 3.8) is 0 Å². The van der Waals surface area contributed by atoms with Crippen LogP contribution in [0.1, 0.15) is 6.92 Å². The van der Waals surface area contributed by atoms with Crippen LogP contribution < -0.4 is 9.47 Å². The SMILES string of the molecule is CC(=O)Oc1ccc2ccccc2c1Oc1ccccn1. The van der Waals surface area contributed by atoms with Crippen molar-refractivity contribution in [2.24, 2.45) is 0 Å². The Hall–Kier alpha value is -2.88. The number of ether oxygens (including phenoxy) is 2. The summed E-state index contributed by atoms with van der Waals surface area (Å²) < 4.78 is 11.1. The Morgan fingerprint density at radius 3 is 2.57 bits per heavy atom. The Morgan fingerprint density at radius 1 is 1.00 bits per heavy atom. The highest BCUT2D eigenvalue weighted by atomic mass is 16.6. The molecule has 4 nitrogen and oxygen atoms in total. The van der Waals surface area contributed by atoms with Gasteiger partial charge in [-0.2, -0.15) is 0 Å². The maximum Gasteiger partial charge on any atom is 0.308 e. The van der Waals surface area contributed by atoms with Crippen LogP contribution in [0.3, 0.4) is 0 Å². The second kappa shape index (κ2) is 5.63. The number of pyridine rings is 1. The van der Waals surface area contributed by atoms with E-state index in [1.807, 2.05) is 42.5 Å². The summed E-state index contributed by atoms with van der Waals surface area (Å²) in [4.78, 5) is 15.4. The average molecular weight is 279 g/mol. The molecule has 0 spiro atoms. The van der Waals surface area contributed by atoms with E-state index in [1.165, 1.54) is 6.92 Å². The normalized spacial score (nSPS) is 10.3. The van der Waals surface area contributed by atoms with Gasteiger partial charge in [-0.15, -0.1) is 0 Å². The lowest BCUT2D eigenvalue weighted by atomic mass is 10.1. The fourth-order valence-corrected chi connectivity index (χ4v) is 2.08. The topological polar surface area (TPSA) is 48.4 Å². The minimum atomic E-state index is -0.392. The summed E-state index contributed by atoms with van der Waals surface area (Å²) in [5.41, 5.74) is 0. The first-order valence-electron chi connectivity index (χ1n) is 6.53. The quantitative estimate of drug-likeness (QED) is 0.538. The van der Waals surface area contributed by atoms with Crippen LogP contribution in [0.5, 0.6) is 17.4 Å². The van der Waals surface area contributed by atoms with Gasteiger partial charge >= 0.3 is 5.97 Å². The van der Waals surface area contributed by atoms with Gasteiger partial charge in [0, 0.05) is 24.6 Å². The molecule has 1 aromatic heterocycles. The number of aromatic nitrogens is 1. The lowest BCUT2D eigenvalue weighted by Crippen LogP contribution is -2.03. The first-order valence-corrected chi connectivity index (χ1v) is 6.53. The number of carbonyl (C=O) groups excluding carboxylic acids is 1. The monoisotopic (exact) mass is 279 g/mol. The minimum absolute atomic E-state index is 0.381. The highest BCUT2D eigenvalue weighted by Crippen LogP contribution is 2.38. The molecule has 0 saturated heterocycles. The highest BCUT2D eigenvalue weighted by Gasteiger charge is 2.13. The largest absolute Gasteiger partial charge is 0.434 e. The van der Waals surface area contributed by atoms with Crippen LogP contribution in [-0.4, -0.2) is 11.0 Å². The summed E-state index contributed by atoms with van der Waals surface area (Å²) in [6, 6.07) is 16.7. The molecular weight excluding hydrogens is 266 g/mol. The van der Waals surface area contributed by atoms with Crippen molar-refractivity contribution in [3.8, 4) is 17.4 Å². The molecule has 2 aromatic carbocycles. The predicted octanol–water partition coefficient (Wildman–Crippen LogP) is 3.95. The number of esters is 1. The van der Waals surface area contributed by atoms with Crippen molar-refractivity contribution >= 4 is 16.7 Å². The van der Waals surface area contributed by atoms with Crippen LogP contribution in [-0.2, 0) is 4.79 Å². The van der Waals surface area contributed by atoms with E-state index in [1.54, 1.807) is 18.3 Å². The van der Waals surface area contributed by atoms with Crippen molar-refractivity contribution in [1.82, 2.24) is 4.98 Å². The maximum absolute atomic E-state index is 11.3. The average Bonchev–Trinajstić information content (AvgIpc) is 2.50. The number of nitrogens with zero attached hydrogens (tertiary/aromatic N) is 1. The maximum atomic E-state index is 11.3. The van der Waals surface area contributed by atoms with Crippen LogP contribution in [0.2, 0.25) is 0 Å². The van der Waals surface area contributed by atoms with Gasteiger partial charge in [0.05, 0.1) is 0 Å². The molecule has 104 valence electrons. The molecule has 3 aromatic rings. The summed E-state index contributed by atoms with van der Waals surface area (Å²) in [6.45, 7) is 1.36. The van der Waals surface area contributed by atoms with E-state index in [0.717, 1.165) is 10.8 Å². The third kappa shape index (κ3) is 2.84. The predicted molar refractivity (Wildman–Crippen MR) is 79.6 cm³/mol. The number of fused-ring (bicyclic) bond motifs is 1. The molecule has 3 rings (SSSR count). The van der Waals surface area contributed by atoms with Crippen molar-refractivity contribution in [2.45, 2.75) is 6.92 Å². The molecule has 0 aliphatic heterocycles. The fraction of sp³-hybridized carbons (Fsp3) is 0.0588. The molecular formula is C17H13NO3. The van der Waals surface area contributed by atoms with Crippen molar-refractivity contribution in [1.29, 1.82) is 0 Å². The van der Waals surface area contributed by atoms with Crippen molar-refractivity contribution in [2.75, 3.05) is 0 Å². The van der Waals surface area contributed by atoms with E-state index in [2.05, 4.69) is 4.98 Å². The van der Waals surface area contributed by atoms with Crippen molar-refractivity contribution < 1.29 is 14.3 Å². The lowest BCUT2D eigenvalue weighted by molar-refractivity contribution is -0.131. The summed E-state index contributed by atoms with van der Waals surface area (Å²) in [5, 5.41) is 1.86. The van der Waals surface area contributed by atoms with E-state index in [9.17, 15) is 4.79 Å². The molecule has 0 fully saturated rings. The lowest BCUT2D eigenvalue weighted by Gasteiger charge is -2.12. The molecule has 0 amide bonds. The number of rotatable bonds is 3. The van der Waals surface area contributed by atoms with Gasteiger partial charge in [0.1, 0.15) is 0 Å². The summed E-state index contributed by atoms with van der Waals surface area (Å²) in [5.74, 6) is 0.923. The number of hydrogen-bond acceptors (Lipinski definition) is 4. The molecule has 21 heavy (non-hydrogen) atoms. The van der Waals surface area contributed by atoms with Gasteiger partial charge in [-0.05, 0) is 17.5 Å². The Labute approximate surface area is 122 Å². The van der Waals surface area contributed by atoms with Crippen LogP contribution in [0.15, 0.2) is 60.8 Å². The number of carbonyl (C=O) groups is 1. The molecule has 0 aliphatic carbocycles. The molecule has 1 heterocycles. The van der Waals surface area contributed by atoms with Gasteiger partial charge in [-0.25, -0.2) is 4.98 Å². The van der Waals surface area contributed by atoms with Crippen LogP contribution in [0.25, 0.3) is 10.8 Å². The summed E-state index contributed by atoms with van der Waals surface area (Å²) in [6.07, 6.45) is 1.64. The Balaban J connectivity index is 2.13. The zero-order valence-electron chi connectivity index (χ0n) is 11.4. The van der Waals surface area contributed by atoms with Crippen LogP contribution in [0, 0.1) is 0 Å². The third-order valence-corrected chi connectivity index (χ3v) is 2.94. The molecule has 0 atom stereocenters. The Kier molecular flexibility index (Phi) is 3.51. The zero-order chi connectivity index (χ0) is 14.7. The molecule has 0 saturated carbocycles. The van der Waals surface area contributed by atoms with Crippen LogP contribution >= 0.6 is 0 Å². The third-order valence-electron chi connectivity index (χ3n) is 2.94. The van der Waals surface area contributed by atoms with E-state index in [4.69, 9.17) is 9.47 Å². The fourth-order valence-electron chi connectivity index (χ4n) is 2.08. The van der Waals surface area contributed by atoms with E-state index < -0.39 is 5.97 Å². The van der Waals surface area contributed by atoms with Gasteiger partial charge in [-0.1, -0.05) is 36.4 Å². The molecule has 0 unspecified atom stereocenters. The first kappa shape index (κ1) is 13.1. The second-order valence-electron chi connectivity index (χ2n) is 4.48. The second-order valence-corrected chi connectivity index (χ2v) is 4.48. The van der Waals surface area contributed by atoms with Crippen LogP contribution in [0.4, 0.5) is 0 Å². The molecule has 0 radical (unpaired) electrons. The number of benzene rings is 2. The first-order chi connectivity index (χ1) is 10.2. The van der Waals surface area contributed by atoms with Gasteiger partial charge in [0.25, 0.3) is 0 Å². The van der Waals surface area contributed by atoms with Gasteiger partial charge in [0.15, 0.2) is 11.5 Å². The Bertz CT molecular complexity index is 784. The molecule has 4 heteroatoms.